The van der Waals surface area contributed by atoms with E-state index in [1.165, 1.54) is 11.8 Å². The minimum atomic E-state index is -0.725. The largest absolute Gasteiger partial charge is 0.387 e. The zero-order valence-electron chi connectivity index (χ0n) is 16.9. The summed E-state index contributed by atoms with van der Waals surface area (Å²) in [5.74, 6) is 0.875. The number of rotatable bonds is 8. The van der Waals surface area contributed by atoms with Crippen LogP contribution in [0, 0.1) is 13.8 Å². The maximum Gasteiger partial charge on any atom is 0.230 e. The second-order valence-electron chi connectivity index (χ2n) is 6.88. The summed E-state index contributed by atoms with van der Waals surface area (Å²) in [6, 6.07) is 15.7. The lowest BCUT2D eigenvalue weighted by atomic mass is 10.1. The molecule has 0 saturated heterocycles. The molecule has 0 spiro atoms. The van der Waals surface area contributed by atoms with Gasteiger partial charge in [-0.05, 0) is 31.9 Å². The molecule has 3 aromatic rings. The maximum absolute atomic E-state index is 12.2. The third-order valence-corrected chi connectivity index (χ3v) is 5.67. The minimum Gasteiger partial charge on any atom is -0.387 e. The molecule has 1 amide bonds. The average Bonchev–Trinajstić information content (AvgIpc) is 3.14. The van der Waals surface area contributed by atoms with E-state index in [9.17, 15) is 9.90 Å². The summed E-state index contributed by atoms with van der Waals surface area (Å²) in [7, 11) is 0. The lowest BCUT2D eigenvalue weighted by Gasteiger charge is -2.13. The summed E-state index contributed by atoms with van der Waals surface area (Å²) in [5.41, 5.74) is 4.09. The summed E-state index contributed by atoms with van der Waals surface area (Å²) in [6.07, 6.45) is -0.725. The molecule has 0 radical (unpaired) electrons. The number of aliphatic hydroxyl groups excluding tert-OH is 1. The van der Waals surface area contributed by atoms with Crippen molar-refractivity contribution in [2.75, 3.05) is 12.3 Å². The molecular formula is C22H26N4O2S. The normalized spacial score (nSPS) is 12.0. The van der Waals surface area contributed by atoms with Crippen LogP contribution in [-0.2, 0) is 11.3 Å². The van der Waals surface area contributed by atoms with Crippen LogP contribution in [0.5, 0.6) is 0 Å². The van der Waals surface area contributed by atoms with E-state index in [1.54, 1.807) is 0 Å². The second-order valence-corrected chi connectivity index (χ2v) is 7.83. The van der Waals surface area contributed by atoms with E-state index in [0.29, 0.717) is 11.7 Å². The number of nitrogens with zero attached hydrogens (tertiary/aromatic N) is 3. The van der Waals surface area contributed by atoms with Gasteiger partial charge in [-0.1, -0.05) is 65.9 Å². The van der Waals surface area contributed by atoms with Crippen LogP contribution in [0.1, 0.15) is 29.7 Å². The molecule has 2 aromatic carbocycles. The first-order valence-corrected chi connectivity index (χ1v) is 10.6. The molecule has 7 heteroatoms. The Morgan fingerprint density at radius 2 is 1.86 bits per heavy atom. The van der Waals surface area contributed by atoms with Gasteiger partial charge in [0.15, 0.2) is 11.0 Å². The molecule has 2 N–H and O–H groups in total. The Balaban J connectivity index is 1.58. The molecule has 1 atom stereocenters. The highest BCUT2D eigenvalue weighted by Crippen LogP contribution is 2.26. The topological polar surface area (TPSA) is 80.0 Å². The van der Waals surface area contributed by atoms with Crippen molar-refractivity contribution >= 4 is 17.7 Å². The van der Waals surface area contributed by atoms with Gasteiger partial charge in [-0.15, -0.1) is 10.2 Å². The molecular weight excluding hydrogens is 384 g/mol. The second kappa shape index (κ2) is 9.71. The van der Waals surface area contributed by atoms with Gasteiger partial charge < -0.3 is 15.0 Å². The summed E-state index contributed by atoms with van der Waals surface area (Å²) >= 11 is 1.35. The molecule has 3 rings (SSSR count). The van der Waals surface area contributed by atoms with Crippen LogP contribution in [0.4, 0.5) is 0 Å². The fourth-order valence-electron chi connectivity index (χ4n) is 3.00. The Labute approximate surface area is 175 Å². The third-order valence-electron chi connectivity index (χ3n) is 4.71. The monoisotopic (exact) mass is 410 g/mol. The standard InChI is InChI=1S/C22H26N4O2S/c1-4-26-21(18-8-6-5-7-16(18)3)24-25-22(26)29-14-20(28)23-13-19(27)17-11-9-15(2)10-12-17/h5-12,19,27H,4,13-14H2,1-3H3,(H,23,28). The Morgan fingerprint density at radius 1 is 1.14 bits per heavy atom. The van der Waals surface area contributed by atoms with Gasteiger partial charge in [-0.3, -0.25) is 4.79 Å². The highest BCUT2D eigenvalue weighted by molar-refractivity contribution is 7.99. The van der Waals surface area contributed by atoms with Gasteiger partial charge in [0.05, 0.1) is 11.9 Å². The number of thioether (sulfide) groups is 1. The smallest absolute Gasteiger partial charge is 0.230 e. The number of amides is 1. The first kappa shape index (κ1) is 21.1. The predicted octanol–water partition coefficient (Wildman–Crippen LogP) is 3.52. The molecule has 0 aliphatic heterocycles. The van der Waals surface area contributed by atoms with Crippen LogP contribution in [0.2, 0.25) is 0 Å². The first-order chi connectivity index (χ1) is 14.0. The van der Waals surface area contributed by atoms with E-state index < -0.39 is 6.10 Å². The van der Waals surface area contributed by atoms with Gasteiger partial charge in [-0.2, -0.15) is 0 Å². The average molecular weight is 411 g/mol. The maximum atomic E-state index is 12.2. The Kier molecular flexibility index (Phi) is 7.06. The first-order valence-electron chi connectivity index (χ1n) is 9.63. The Morgan fingerprint density at radius 3 is 2.55 bits per heavy atom. The third kappa shape index (κ3) is 5.25. The van der Waals surface area contributed by atoms with Crippen molar-refractivity contribution < 1.29 is 9.90 Å². The number of aryl methyl sites for hydroxylation is 2. The van der Waals surface area contributed by atoms with Gasteiger partial charge in [0.2, 0.25) is 5.91 Å². The predicted molar refractivity (Wildman–Crippen MR) is 116 cm³/mol. The van der Waals surface area contributed by atoms with Crippen LogP contribution >= 0.6 is 11.8 Å². The molecule has 1 aromatic heterocycles. The van der Waals surface area contributed by atoms with E-state index in [-0.39, 0.29) is 18.2 Å². The van der Waals surface area contributed by atoms with Crippen LogP contribution in [-0.4, -0.2) is 38.1 Å². The fraction of sp³-hybridized carbons (Fsp3) is 0.318. The lowest BCUT2D eigenvalue weighted by Crippen LogP contribution is -2.29. The molecule has 152 valence electrons. The summed E-state index contributed by atoms with van der Waals surface area (Å²) in [4.78, 5) is 12.2. The van der Waals surface area contributed by atoms with E-state index in [4.69, 9.17) is 0 Å². The van der Waals surface area contributed by atoms with Gasteiger partial charge in [0.25, 0.3) is 0 Å². The molecule has 0 aliphatic carbocycles. The summed E-state index contributed by atoms with van der Waals surface area (Å²) < 4.78 is 2.02. The molecule has 0 fully saturated rings. The lowest BCUT2D eigenvalue weighted by molar-refractivity contribution is -0.119. The number of benzene rings is 2. The molecule has 0 aliphatic rings. The van der Waals surface area contributed by atoms with Crippen molar-refractivity contribution in [1.29, 1.82) is 0 Å². The summed E-state index contributed by atoms with van der Waals surface area (Å²) in [5, 5.41) is 22.3. The van der Waals surface area contributed by atoms with E-state index in [1.807, 2.05) is 73.9 Å². The van der Waals surface area contributed by atoms with Crippen LogP contribution < -0.4 is 5.32 Å². The number of aromatic nitrogens is 3. The molecule has 0 bridgehead atoms. The van der Waals surface area contributed by atoms with Crippen LogP contribution in [0.15, 0.2) is 53.7 Å². The number of hydrogen-bond acceptors (Lipinski definition) is 5. The molecule has 29 heavy (non-hydrogen) atoms. The number of aliphatic hydroxyl groups is 1. The Bertz CT molecular complexity index is 969. The van der Waals surface area contributed by atoms with E-state index >= 15 is 0 Å². The van der Waals surface area contributed by atoms with Crippen molar-refractivity contribution in [3.63, 3.8) is 0 Å². The fourth-order valence-corrected chi connectivity index (χ4v) is 3.83. The zero-order valence-corrected chi connectivity index (χ0v) is 17.7. The molecule has 0 saturated carbocycles. The van der Waals surface area contributed by atoms with Gasteiger partial charge >= 0.3 is 0 Å². The highest BCUT2D eigenvalue weighted by Gasteiger charge is 2.16. The van der Waals surface area contributed by atoms with Crippen molar-refractivity contribution in [3.05, 3.63) is 65.2 Å². The van der Waals surface area contributed by atoms with Crippen LogP contribution in [0.3, 0.4) is 0 Å². The Hall–Kier alpha value is -2.64. The SMILES string of the molecule is CCn1c(SCC(=O)NCC(O)c2ccc(C)cc2)nnc1-c1ccccc1C. The van der Waals surface area contributed by atoms with Gasteiger partial charge in [0, 0.05) is 18.7 Å². The van der Waals surface area contributed by atoms with Crippen molar-refractivity contribution in [3.8, 4) is 11.4 Å². The molecule has 6 nitrogen and oxygen atoms in total. The van der Waals surface area contributed by atoms with E-state index in [0.717, 1.165) is 28.1 Å². The van der Waals surface area contributed by atoms with Gasteiger partial charge in [0.1, 0.15) is 0 Å². The number of nitrogens with one attached hydrogen (secondary N) is 1. The minimum absolute atomic E-state index is 0.149. The van der Waals surface area contributed by atoms with Crippen molar-refractivity contribution in [1.82, 2.24) is 20.1 Å². The van der Waals surface area contributed by atoms with E-state index in [2.05, 4.69) is 15.5 Å². The molecule has 1 unspecified atom stereocenters. The quantitative estimate of drug-likeness (QED) is 0.556. The van der Waals surface area contributed by atoms with Gasteiger partial charge in [-0.25, -0.2) is 0 Å². The van der Waals surface area contributed by atoms with Crippen molar-refractivity contribution in [2.45, 2.75) is 38.6 Å². The number of carbonyl (C=O) groups excluding carboxylic acids is 1. The highest BCUT2D eigenvalue weighted by atomic mass is 32.2. The molecule has 1 heterocycles. The van der Waals surface area contributed by atoms with Crippen molar-refractivity contribution in [2.24, 2.45) is 0 Å². The van der Waals surface area contributed by atoms with Crippen LogP contribution in [0.25, 0.3) is 11.4 Å². The number of hydrogen-bond donors (Lipinski definition) is 2. The summed E-state index contributed by atoms with van der Waals surface area (Å²) in [6.45, 7) is 6.97. The number of carbonyl (C=O) groups is 1. The zero-order chi connectivity index (χ0) is 20.8.